The highest BCUT2D eigenvalue weighted by atomic mass is 16.4. The van der Waals surface area contributed by atoms with Gasteiger partial charge < -0.3 is 21.5 Å². The molecule has 5 N–H and O–H groups in total. The number of amides is 1. The third-order valence-electron chi connectivity index (χ3n) is 2.20. The lowest BCUT2D eigenvalue weighted by molar-refractivity contribution is -0.142. The summed E-state index contributed by atoms with van der Waals surface area (Å²) in [5.74, 6) is -1.44. The van der Waals surface area contributed by atoms with Crippen LogP contribution in [0, 0.1) is 0 Å². The van der Waals surface area contributed by atoms with E-state index in [9.17, 15) is 9.59 Å². The van der Waals surface area contributed by atoms with Gasteiger partial charge in [0.05, 0.1) is 6.04 Å². The number of rotatable bonds is 8. The lowest BCUT2D eigenvalue weighted by atomic mass is 10.1. The maximum Gasteiger partial charge on any atom is 0.326 e. The summed E-state index contributed by atoms with van der Waals surface area (Å²) in [6, 6.07) is -1.52. The van der Waals surface area contributed by atoms with Crippen molar-refractivity contribution in [1.29, 1.82) is 0 Å². The highest BCUT2D eigenvalue weighted by molar-refractivity contribution is 5.86. The molecule has 0 saturated heterocycles. The summed E-state index contributed by atoms with van der Waals surface area (Å²) >= 11 is 0. The van der Waals surface area contributed by atoms with Gasteiger partial charge in [0.25, 0.3) is 0 Å². The Balaban J connectivity index is 3.98. The van der Waals surface area contributed by atoms with Crippen LogP contribution < -0.4 is 16.4 Å². The molecule has 1 amide bonds. The number of unbranched alkanes of at least 4 members (excludes halogenated alkanes) is 1. The van der Waals surface area contributed by atoms with Crippen LogP contribution in [0.25, 0.3) is 0 Å². The summed E-state index contributed by atoms with van der Waals surface area (Å²) < 4.78 is 0. The summed E-state index contributed by atoms with van der Waals surface area (Å²) in [6.07, 6.45) is 2.06. The minimum Gasteiger partial charge on any atom is -0.480 e. The Morgan fingerprint density at radius 1 is 1.38 bits per heavy atom. The van der Waals surface area contributed by atoms with Crippen molar-refractivity contribution in [3.05, 3.63) is 0 Å². The molecule has 0 aromatic heterocycles. The van der Waals surface area contributed by atoms with Crippen molar-refractivity contribution in [1.82, 2.24) is 10.6 Å². The molecule has 2 atom stereocenters. The summed E-state index contributed by atoms with van der Waals surface area (Å²) in [7, 11) is 1.84. The first kappa shape index (κ1) is 14.9. The van der Waals surface area contributed by atoms with Gasteiger partial charge in [-0.2, -0.15) is 0 Å². The zero-order valence-corrected chi connectivity index (χ0v) is 9.82. The van der Waals surface area contributed by atoms with Crippen LogP contribution in [-0.4, -0.2) is 42.7 Å². The van der Waals surface area contributed by atoms with E-state index < -0.39 is 24.0 Å². The largest absolute Gasteiger partial charge is 0.480 e. The number of carboxylic acids is 1. The molecule has 6 nitrogen and oxygen atoms in total. The van der Waals surface area contributed by atoms with Crippen molar-refractivity contribution < 1.29 is 14.7 Å². The Labute approximate surface area is 95.6 Å². The van der Waals surface area contributed by atoms with Crippen LogP contribution >= 0.6 is 0 Å². The summed E-state index contributed by atoms with van der Waals surface area (Å²) in [4.78, 5) is 22.1. The van der Waals surface area contributed by atoms with Crippen LogP contribution in [0.3, 0.4) is 0 Å². The second-order valence-corrected chi connectivity index (χ2v) is 3.79. The molecule has 0 aromatic rings. The third kappa shape index (κ3) is 6.36. The first-order valence-corrected chi connectivity index (χ1v) is 5.42. The highest BCUT2D eigenvalue weighted by Gasteiger charge is 2.20. The molecular formula is C10H21N3O3. The SMILES string of the molecule is CNCCCC[C@H](NC(=O)[C@H](C)N)C(=O)O. The second kappa shape index (κ2) is 8.06. The first-order chi connectivity index (χ1) is 7.49. The van der Waals surface area contributed by atoms with Gasteiger partial charge in [-0.05, 0) is 39.8 Å². The first-order valence-electron chi connectivity index (χ1n) is 5.42. The Morgan fingerprint density at radius 3 is 2.44 bits per heavy atom. The maximum absolute atomic E-state index is 11.2. The fraction of sp³-hybridized carbons (Fsp3) is 0.800. The molecule has 0 aliphatic rings. The van der Waals surface area contributed by atoms with Crippen molar-refractivity contribution >= 4 is 11.9 Å². The minimum atomic E-state index is -1.02. The van der Waals surface area contributed by atoms with E-state index >= 15 is 0 Å². The van der Waals surface area contributed by atoms with Gasteiger partial charge in [0.1, 0.15) is 6.04 Å². The number of hydrogen-bond acceptors (Lipinski definition) is 4. The van der Waals surface area contributed by atoms with Crippen LogP contribution in [0.5, 0.6) is 0 Å². The zero-order chi connectivity index (χ0) is 12.6. The van der Waals surface area contributed by atoms with Crippen LogP contribution in [0.1, 0.15) is 26.2 Å². The molecule has 0 aliphatic heterocycles. The molecule has 16 heavy (non-hydrogen) atoms. The van der Waals surface area contributed by atoms with Gasteiger partial charge in [0.15, 0.2) is 0 Å². The van der Waals surface area contributed by atoms with E-state index in [-0.39, 0.29) is 0 Å². The minimum absolute atomic E-state index is 0.426. The number of carbonyl (C=O) groups excluding carboxylic acids is 1. The van der Waals surface area contributed by atoms with Gasteiger partial charge >= 0.3 is 5.97 Å². The number of hydrogen-bond donors (Lipinski definition) is 4. The molecule has 0 aromatic carbocycles. The fourth-order valence-corrected chi connectivity index (χ4v) is 1.21. The smallest absolute Gasteiger partial charge is 0.326 e. The van der Waals surface area contributed by atoms with Gasteiger partial charge in [-0.1, -0.05) is 0 Å². The van der Waals surface area contributed by atoms with E-state index in [4.69, 9.17) is 10.8 Å². The van der Waals surface area contributed by atoms with E-state index in [0.29, 0.717) is 6.42 Å². The molecule has 0 radical (unpaired) electrons. The number of aliphatic carboxylic acids is 1. The Morgan fingerprint density at radius 2 is 2.00 bits per heavy atom. The predicted octanol–water partition coefficient (Wildman–Crippen LogP) is -0.707. The van der Waals surface area contributed by atoms with E-state index in [1.54, 1.807) is 0 Å². The predicted molar refractivity (Wildman–Crippen MR) is 61.0 cm³/mol. The van der Waals surface area contributed by atoms with Crippen molar-refractivity contribution in [2.24, 2.45) is 5.73 Å². The Hall–Kier alpha value is -1.14. The molecule has 94 valence electrons. The number of nitrogens with one attached hydrogen (secondary N) is 2. The Bertz CT molecular complexity index is 231. The van der Waals surface area contributed by atoms with E-state index in [1.165, 1.54) is 6.92 Å². The average Bonchev–Trinajstić information content (AvgIpc) is 2.21. The molecule has 0 spiro atoms. The normalized spacial score (nSPS) is 14.2. The van der Waals surface area contributed by atoms with Gasteiger partial charge in [0.2, 0.25) is 5.91 Å². The van der Waals surface area contributed by atoms with Gasteiger partial charge in [-0.25, -0.2) is 4.79 Å². The van der Waals surface area contributed by atoms with E-state index in [2.05, 4.69) is 10.6 Å². The lowest BCUT2D eigenvalue weighted by Gasteiger charge is -2.15. The number of nitrogens with two attached hydrogens (primary N) is 1. The topological polar surface area (TPSA) is 104 Å². The highest BCUT2D eigenvalue weighted by Crippen LogP contribution is 2.01. The Kier molecular flexibility index (Phi) is 7.49. The standard InChI is InChI=1S/C10H21N3O3/c1-7(11)9(14)13-8(10(15)16)5-3-4-6-12-2/h7-8,12H,3-6,11H2,1-2H3,(H,13,14)(H,15,16)/t7-,8-/m0/s1. The summed E-state index contributed by atoms with van der Waals surface area (Å²) in [6.45, 7) is 2.36. The third-order valence-corrected chi connectivity index (χ3v) is 2.20. The van der Waals surface area contributed by atoms with E-state index in [1.807, 2.05) is 7.05 Å². The van der Waals surface area contributed by atoms with Gasteiger partial charge in [-0.3, -0.25) is 4.79 Å². The fourth-order valence-electron chi connectivity index (χ4n) is 1.21. The average molecular weight is 231 g/mol. The molecular weight excluding hydrogens is 210 g/mol. The van der Waals surface area contributed by atoms with Gasteiger partial charge in [0, 0.05) is 0 Å². The molecule has 0 fully saturated rings. The van der Waals surface area contributed by atoms with Crippen molar-refractivity contribution in [3.8, 4) is 0 Å². The van der Waals surface area contributed by atoms with E-state index in [0.717, 1.165) is 19.4 Å². The van der Waals surface area contributed by atoms with Crippen LogP contribution in [0.4, 0.5) is 0 Å². The van der Waals surface area contributed by atoms with Crippen LogP contribution in [-0.2, 0) is 9.59 Å². The number of carboxylic acid groups (broad SMARTS) is 1. The van der Waals surface area contributed by atoms with Crippen molar-refractivity contribution in [3.63, 3.8) is 0 Å². The van der Waals surface area contributed by atoms with Crippen molar-refractivity contribution in [2.45, 2.75) is 38.3 Å². The molecule has 0 heterocycles. The van der Waals surface area contributed by atoms with Gasteiger partial charge in [-0.15, -0.1) is 0 Å². The maximum atomic E-state index is 11.2. The summed E-state index contributed by atoms with van der Waals surface area (Å²) in [5.41, 5.74) is 5.35. The summed E-state index contributed by atoms with van der Waals surface area (Å²) in [5, 5.41) is 14.3. The molecule has 0 unspecified atom stereocenters. The zero-order valence-electron chi connectivity index (χ0n) is 9.82. The van der Waals surface area contributed by atoms with Crippen LogP contribution in [0.2, 0.25) is 0 Å². The van der Waals surface area contributed by atoms with Crippen molar-refractivity contribution in [2.75, 3.05) is 13.6 Å². The number of carbonyl (C=O) groups is 2. The quantitative estimate of drug-likeness (QED) is 0.413. The molecule has 0 saturated carbocycles. The molecule has 0 bridgehead atoms. The van der Waals surface area contributed by atoms with Crippen LogP contribution in [0.15, 0.2) is 0 Å². The lowest BCUT2D eigenvalue weighted by Crippen LogP contribution is -2.47. The molecule has 0 rings (SSSR count). The molecule has 6 heteroatoms. The monoisotopic (exact) mass is 231 g/mol. The molecule has 0 aliphatic carbocycles. The second-order valence-electron chi connectivity index (χ2n) is 3.79.